The van der Waals surface area contributed by atoms with Crippen molar-refractivity contribution in [1.82, 2.24) is 4.57 Å². The summed E-state index contributed by atoms with van der Waals surface area (Å²) < 4.78 is 6.89. The minimum Gasteiger partial charge on any atom is -0.497 e. The number of nitrogens with zero attached hydrogens (tertiary/aromatic N) is 1. The number of thiophene rings is 1. The molecule has 3 aromatic rings. The molecule has 1 aromatic carbocycles. The molecule has 3 heterocycles. The lowest BCUT2D eigenvalue weighted by atomic mass is 9.77. The van der Waals surface area contributed by atoms with Gasteiger partial charge in [0.1, 0.15) is 12.3 Å². The maximum absolute atomic E-state index is 13.1. The number of amides is 1. The molecule has 2 saturated carbocycles. The molecular weight excluding hydrogens is 460 g/mol. The first kappa shape index (κ1) is 20.6. The van der Waals surface area contributed by atoms with Gasteiger partial charge in [-0.2, -0.15) is 0 Å². The number of ether oxygens (including phenoxy) is 1. The second-order valence-electron chi connectivity index (χ2n) is 8.89. The molecule has 1 N–H and O–H groups in total. The molecule has 5 nitrogen and oxygen atoms in total. The van der Waals surface area contributed by atoms with E-state index in [1.54, 1.807) is 23.0 Å². The molecule has 8 heteroatoms. The van der Waals surface area contributed by atoms with Crippen LogP contribution in [0.3, 0.4) is 0 Å². The van der Waals surface area contributed by atoms with Crippen LogP contribution in [0.15, 0.2) is 51.6 Å². The predicted octanol–water partition coefficient (Wildman–Crippen LogP) is 5.27. The van der Waals surface area contributed by atoms with Crippen LogP contribution in [-0.4, -0.2) is 22.8 Å². The first-order chi connectivity index (χ1) is 15.6. The third kappa shape index (κ3) is 3.35. The van der Waals surface area contributed by atoms with E-state index < -0.39 is 0 Å². The number of hydrogen-bond acceptors (Lipinski definition) is 6. The van der Waals surface area contributed by atoms with Gasteiger partial charge in [-0.15, -0.1) is 23.1 Å². The van der Waals surface area contributed by atoms with Gasteiger partial charge < -0.3 is 10.1 Å². The molecular formula is C24H24N2O3S3. The smallest absolute Gasteiger partial charge is 0.308 e. The van der Waals surface area contributed by atoms with Crippen molar-refractivity contribution in [1.29, 1.82) is 0 Å². The number of thioether (sulfide) groups is 1. The third-order valence-electron chi connectivity index (χ3n) is 7.22. The summed E-state index contributed by atoms with van der Waals surface area (Å²) in [6, 6.07) is 11.6. The van der Waals surface area contributed by atoms with Crippen molar-refractivity contribution in [3.8, 4) is 5.75 Å². The van der Waals surface area contributed by atoms with E-state index >= 15 is 0 Å². The molecule has 3 aliphatic rings. The number of carbonyl (C=O) groups is 1. The summed E-state index contributed by atoms with van der Waals surface area (Å²) in [5.74, 6) is 2.98. The first-order valence-corrected chi connectivity index (χ1v) is 13.6. The van der Waals surface area contributed by atoms with E-state index in [9.17, 15) is 9.59 Å². The molecule has 2 aliphatic carbocycles. The number of hydrogen-bond donors (Lipinski definition) is 1. The van der Waals surface area contributed by atoms with Gasteiger partial charge >= 0.3 is 4.87 Å². The fraction of sp³-hybridized carbons (Fsp3) is 0.417. The van der Waals surface area contributed by atoms with Crippen molar-refractivity contribution in [3.63, 3.8) is 0 Å². The van der Waals surface area contributed by atoms with Gasteiger partial charge in [0.15, 0.2) is 0 Å². The number of thiazole rings is 1. The van der Waals surface area contributed by atoms with Gasteiger partial charge in [0.05, 0.1) is 12.1 Å². The molecule has 0 unspecified atom stereocenters. The van der Waals surface area contributed by atoms with Gasteiger partial charge in [0, 0.05) is 26.6 Å². The second-order valence-corrected chi connectivity index (χ2v) is 12.0. The van der Waals surface area contributed by atoms with Crippen LogP contribution in [-0.2, 0) is 11.3 Å². The molecule has 2 fully saturated rings. The van der Waals surface area contributed by atoms with Crippen molar-refractivity contribution < 1.29 is 9.53 Å². The summed E-state index contributed by atoms with van der Waals surface area (Å²) in [6.07, 6.45) is 3.95. The van der Waals surface area contributed by atoms with Crippen molar-refractivity contribution in [2.24, 2.45) is 17.8 Å². The van der Waals surface area contributed by atoms with E-state index in [-0.39, 0.29) is 17.3 Å². The highest BCUT2D eigenvalue weighted by atomic mass is 32.2. The molecule has 0 spiro atoms. The largest absolute Gasteiger partial charge is 0.497 e. The Kier molecular flexibility index (Phi) is 5.19. The maximum atomic E-state index is 13.1. The van der Waals surface area contributed by atoms with Crippen molar-refractivity contribution in [2.45, 2.75) is 42.0 Å². The minimum absolute atomic E-state index is 0.0266. The second kappa shape index (κ2) is 8.08. The van der Waals surface area contributed by atoms with Crippen molar-refractivity contribution >= 4 is 46.0 Å². The first-order valence-electron chi connectivity index (χ1n) is 11.0. The van der Waals surface area contributed by atoms with Crippen LogP contribution >= 0.6 is 34.4 Å². The number of rotatable bonds is 5. The lowest BCUT2D eigenvalue weighted by molar-refractivity contribution is -0.116. The zero-order chi connectivity index (χ0) is 21.8. The molecule has 1 amide bonds. The number of benzene rings is 1. The summed E-state index contributed by atoms with van der Waals surface area (Å²) in [7, 11) is 1.61. The van der Waals surface area contributed by atoms with Crippen LogP contribution in [0.5, 0.6) is 5.75 Å². The fourth-order valence-corrected chi connectivity index (χ4v) is 10.0. The van der Waals surface area contributed by atoms with Crippen LogP contribution in [0.4, 0.5) is 5.69 Å². The normalized spacial score (nSPS) is 27.7. The average molecular weight is 485 g/mol. The third-order valence-corrected chi connectivity index (χ3v) is 11.0. The topological polar surface area (TPSA) is 60.3 Å². The Balaban J connectivity index is 1.32. The summed E-state index contributed by atoms with van der Waals surface area (Å²) in [5.41, 5.74) is 0.699. The van der Waals surface area contributed by atoms with Crippen LogP contribution < -0.4 is 14.9 Å². The Labute approximate surface area is 198 Å². The van der Waals surface area contributed by atoms with Crippen LogP contribution in [0.25, 0.3) is 0 Å². The average Bonchev–Trinajstić information content (AvgIpc) is 3.59. The highest BCUT2D eigenvalue weighted by Gasteiger charge is 2.55. The Bertz CT molecular complexity index is 1200. The van der Waals surface area contributed by atoms with E-state index in [1.807, 2.05) is 36.0 Å². The van der Waals surface area contributed by atoms with Gasteiger partial charge in [-0.3, -0.25) is 14.2 Å². The summed E-state index contributed by atoms with van der Waals surface area (Å²) in [5, 5.41) is 6.64. The molecule has 166 valence electrons. The number of carbonyl (C=O) groups excluding carboxylic acids is 1. The molecule has 6 rings (SSSR count). The Morgan fingerprint density at radius 1 is 1.19 bits per heavy atom. The predicted molar refractivity (Wildman–Crippen MR) is 130 cm³/mol. The minimum atomic E-state index is -0.179. The van der Waals surface area contributed by atoms with E-state index in [0.717, 1.165) is 22.6 Å². The van der Waals surface area contributed by atoms with E-state index in [0.29, 0.717) is 22.8 Å². The number of anilines is 1. The van der Waals surface area contributed by atoms with Gasteiger partial charge in [0.2, 0.25) is 5.91 Å². The van der Waals surface area contributed by atoms with E-state index in [4.69, 9.17) is 4.74 Å². The lowest BCUT2D eigenvalue weighted by Crippen LogP contribution is -2.34. The quantitative estimate of drug-likeness (QED) is 0.536. The Morgan fingerprint density at radius 3 is 2.75 bits per heavy atom. The van der Waals surface area contributed by atoms with Crippen molar-refractivity contribution in [3.05, 3.63) is 61.2 Å². The Hall–Kier alpha value is -2.03. The van der Waals surface area contributed by atoms with Crippen LogP contribution in [0.1, 0.15) is 34.9 Å². The monoisotopic (exact) mass is 484 g/mol. The van der Waals surface area contributed by atoms with Crippen LogP contribution in [0.2, 0.25) is 0 Å². The molecule has 0 saturated heterocycles. The molecule has 32 heavy (non-hydrogen) atoms. The van der Waals surface area contributed by atoms with Gasteiger partial charge in [-0.25, -0.2) is 0 Å². The molecule has 2 aromatic heterocycles. The summed E-state index contributed by atoms with van der Waals surface area (Å²) in [6.45, 7) is 0.0480. The molecule has 5 atom stereocenters. The van der Waals surface area contributed by atoms with E-state index in [2.05, 4.69) is 22.8 Å². The zero-order valence-corrected chi connectivity index (χ0v) is 20.1. The maximum Gasteiger partial charge on any atom is 0.308 e. The van der Waals surface area contributed by atoms with Crippen molar-refractivity contribution in [2.75, 3.05) is 12.4 Å². The number of aromatic nitrogens is 1. The summed E-state index contributed by atoms with van der Waals surface area (Å²) in [4.78, 5) is 28.4. The van der Waals surface area contributed by atoms with Crippen LogP contribution in [0, 0.1) is 17.8 Å². The standard InChI is InChI=1S/C24H24N2O3S3/c1-29-16-8-6-15(7-9-16)25-18(27)12-26-23-22(32-24(26)28)20(17-3-2-10-30-17)19-13-4-5-14(11-13)21(19)31-23/h2-3,6-10,13-14,19-21H,4-5,11-12H2,1H3,(H,25,27)/t13-,14-,19-,20+,21-/m0/s1. The molecule has 1 aliphatic heterocycles. The lowest BCUT2D eigenvalue weighted by Gasteiger charge is -2.40. The summed E-state index contributed by atoms with van der Waals surface area (Å²) >= 11 is 5.02. The number of nitrogens with one attached hydrogen (secondary N) is 1. The highest BCUT2D eigenvalue weighted by molar-refractivity contribution is 8.00. The Morgan fingerprint density at radius 2 is 2.00 bits per heavy atom. The fourth-order valence-electron chi connectivity index (χ4n) is 5.89. The highest BCUT2D eigenvalue weighted by Crippen LogP contribution is 2.64. The zero-order valence-electron chi connectivity index (χ0n) is 17.7. The van der Waals surface area contributed by atoms with Gasteiger partial charge in [-0.1, -0.05) is 17.4 Å². The number of fused-ring (bicyclic) bond motifs is 6. The SMILES string of the molecule is COc1ccc(NC(=O)Cn2c3c(sc2=O)[C@H](c2cccs2)[C@@H]2[C@H]4CC[C@@H](C4)[C@@H]2S3)cc1. The number of methoxy groups -OCH3 is 1. The van der Waals surface area contributed by atoms with E-state index in [1.165, 1.54) is 40.4 Å². The molecule has 0 radical (unpaired) electrons. The van der Waals surface area contributed by atoms with Gasteiger partial charge in [0.25, 0.3) is 0 Å². The molecule has 2 bridgehead atoms. The van der Waals surface area contributed by atoms with Gasteiger partial charge in [-0.05, 0) is 72.7 Å².